The SMILES string of the molecule is Nc1nc(F)c(Br)cc1-c1ccc2c(=O)[nH]cc(F)c2c1. The molecule has 1 aromatic carbocycles. The first kappa shape index (κ1) is 13.7. The fourth-order valence-corrected chi connectivity index (χ4v) is 2.42. The monoisotopic (exact) mass is 351 g/mol. The Morgan fingerprint density at radius 3 is 2.71 bits per heavy atom. The van der Waals surface area contributed by atoms with Crippen LogP contribution in [0.4, 0.5) is 14.6 Å². The van der Waals surface area contributed by atoms with Crippen LogP contribution in [0.3, 0.4) is 0 Å². The molecular formula is C14H8BrF2N3O. The maximum atomic E-state index is 13.8. The molecule has 3 aromatic rings. The fourth-order valence-electron chi connectivity index (χ4n) is 2.10. The van der Waals surface area contributed by atoms with E-state index in [0.717, 1.165) is 6.20 Å². The smallest absolute Gasteiger partial charge is 0.256 e. The minimum Gasteiger partial charge on any atom is -0.383 e. The predicted molar refractivity (Wildman–Crippen MR) is 79.8 cm³/mol. The van der Waals surface area contributed by atoms with Crippen molar-refractivity contribution in [2.45, 2.75) is 0 Å². The van der Waals surface area contributed by atoms with Crippen molar-refractivity contribution < 1.29 is 8.78 Å². The molecule has 0 aliphatic rings. The summed E-state index contributed by atoms with van der Waals surface area (Å²) in [5, 5.41) is 0.391. The Labute approximate surface area is 125 Å². The number of rotatable bonds is 1. The molecule has 0 aliphatic heterocycles. The zero-order valence-electron chi connectivity index (χ0n) is 10.5. The van der Waals surface area contributed by atoms with Crippen LogP contribution in [0, 0.1) is 11.8 Å². The number of nitrogens with zero attached hydrogens (tertiary/aromatic N) is 1. The van der Waals surface area contributed by atoms with Gasteiger partial charge in [-0.1, -0.05) is 6.07 Å². The van der Waals surface area contributed by atoms with Crippen LogP contribution in [-0.4, -0.2) is 9.97 Å². The highest BCUT2D eigenvalue weighted by Gasteiger charge is 2.12. The van der Waals surface area contributed by atoms with Crippen molar-refractivity contribution >= 4 is 32.5 Å². The van der Waals surface area contributed by atoms with Gasteiger partial charge >= 0.3 is 0 Å². The van der Waals surface area contributed by atoms with Crippen molar-refractivity contribution in [2.24, 2.45) is 0 Å². The van der Waals surface area contributed by atoms with E-state index < -0.39 is 11.8 Å². The highest BCUT2D eigenvalue weighted by molar-refractivity contribution is 9.10. The minimum absolute atomic E-state index is 0.0136. The number of fused-ring (bicyclic) bond motifs is 1. The van der Waals surface area contributed by atoms with Crippen LogP contribution in [-0.2, 0) is 0 Å². The summed E-state index contributed by atoms with van der Waals surface area (Å²) >= 11 is 3.03. The van der Waals surface area contributed by atoms with E-state index in [4.69, 9.17) is 5.73 Å². The van der Waals surface area contributed by atoms with E-state index in [2.05, 4.69) is 25.9 Å². The lowest BCUT2D eigenvalue weighted by atomic mass is 10.0. The molecule has 2 aromatic heterocycles. The molecule has 0 bridgehead atoms. The molecule has 3 rings (SSSR count). The van der Waals surface area contributed by atoms with Gasteiger partial charge in [-0.15, -0.1) is 0 Å². The van der Waals surface area contributed by atoms with E-state index >= 15 is 0 Å². The lowest BCUT2D eigenvalue weighted by Crippen LogP contribution is -2.06. The number of aromatic amines is 1. The van der Waals surface area contributed by atoms with Crippen LogP contribution in [0.25, 0.3) is 21.9 Å². The third-order valence-corrected chi connectivity index (χ3v) is 3.68. The second-order valence-corrected chi connectivity index (χ2v) is 5.27. The molecule has 0 spiro atoms. The summed E-state index contributed by atoms with van der Waals surface area (Å²) in [6, 6.07) is 6.04. The number of nitrogen functional groups attached to an aromatic ring is 1. The van der Waals surface area contributed by atoms with E-state index in [1.807, 2.05) is 0 Å². The Kier molecular flexibility index (Phi) is 3.21. The molecule has 0 saturated carbocycles. The van der Waals surface area contributed by atoms with Gasteiger partial charge in [0.15, 0.2) is 0 Å². The van der Waals surface area contributed by atoms with E-state index in [-0.39, 0.29) is 26.6 Å². The molecule has 7 heteroatoms. The average Bonchev–Trinajstić information content (AvgIpc) is 2.46. The maximum Gasteiger partial charge on any atom is 0.256 e. The molecule has 0 fully saturated rings. The van der Waals surface area contributed by atoms with Crippen molar-refractivity contribution in [3.05, 3.63) is 57.1 Å². The molecule has 2 heterocycles. The number of nitrogens with one attached hydrogen (secondary N) is 1. The van der Waals surface area contributed by atoms with Gasteiger partial charge in [0.25, 0.3) is 5.56 Å². The zero-order valence-corrected chi connectivity index (χ0v) is 12.0. The Morgan fingerprint density at radius 2 is 1.95 bits per heavy atom. The summed E-state index contributed by atoms with van der Waals surface area (Å²) in [5.74, 6) is -1.29. The summed E-state index contributed by atoms with van der Waals surface area (Å²) in [5.41, 5.74) is 6.30. The van der Waals surface area contributed by atoms with Crippen LogP contribution >= 0.6 is 15.9 Å². The van der Waals surface area contributed by atoms with Crippen LogP contribution in [0.1, 0.15) is 0 Å². The Morgan fingerprint density at radius 1 is 1.19 bits per heavy atom. The first-order valence-electron chi connectivity index (χ1n) is 5.90. The minimum atomic E-state index is -0.723. The number of halogens is 3. The van der Waals surface area contributed by atoms with Crippen molar-refractivity contribution in [3.8, 4) is 11.1 Å². The van der Waals surface area contributed by atoms with Crippen molar-refractivity contribution in [1.29, 1.82) is 0 Å². The number of hydrogen-bond acceptors (Lipinski definition) is 3. The second kappa shape index (κ2) is 4.92. The van der Waals surface area contributed by atoms with Crippen LogP contribution in [0.2, 0.25) is 0 Å². The number of hydrogen-bond donors (Lipinski definition) is 2. The van der Waals surface area contributed by atoms with Gasteiger partial charge in [0.05, 0.1) is 4.47 Å². The maximum absolute atomic E-state index is 13.8. The zero-order chi connectivity index (χ0) is 15.1. The molecule has 4 nitrogen and oxygen atoms in total. The van der Waals surface area contributed by atoms with Crippen LogP contribution < -0.4 is 11.3 Å². The number of nitrogens with two attached hydrogens (primary N) is 1. The molecule has 3 N–H and O–H groups in total. The summed E-state index contributed by atoms with van der Waals surface area (Å²) in [7, 11) is 0. The summed E-state index contributed by atoms with van der Waals surface area (Å²) in [6.45, 7) is 0. The lowest BCUT2D eigenvalue weighted by molar-refractivity contribution is 0.579. The van der Waals surface area contributed by atoms with Crippen molar-refractivity contribution in [1.82, 2.24) is 9.97 Å². The van der Waals surface area contributed by atoms with E-state index in [9.17, 15) is 13.6 Å². The second-order valence-electron chi connectivity index (χ2n) is 4.42. The number of benzene rings is 1. The molecular weight excluding hydrogens is 344 g/mol. The molecule has 0 unspecified atom stereocenters. The number of aromatic nitrogens is 2. The molecule has 106 valence electrons. The number of anilines is 1. The fraction of sp³-hybridized carbons (Fsp3) is 0. The van der Waals surface area contributed by atoms with Gasteiger partial charge in [-0.25, -0.2) is 9.37 Å². The molecule has 21 heavy (non-hydrogen) atoms. The Bertz CT molecular complexity index is 924. The van der Waals surface area contributed by atoms with E-state index in [1.54, 1.807) is 6.07 Å². The third-order valence-electron chi connectivity index (χ3n) is 3.13. The molecule has 0 atom stereocenters. The lowest BCUT2D eigenvalue weighted by Gasteiger charge is -2.08. The predicted octanol–water partition coefficient (Wildman–Crippen LogP) is 3.21. The normalized spacial score (nSPS) is 11.0. The van der Waals surface area contributed by atoms with Gasteiger partial charge in [0, 0.05) is 22.5 Å². The van der Waals surface area contributed by atoms with Crippen LogP contribution in [0.5, 0.6) is 0 Å². The van der Waals surface area contributed by atoms with Gasteiger partial charge in [-0.3, -0.25) is 4.79 Å². The summed E-state index contributed by atoms with van der Waals surface area (Å²) in [4.78, 5) is 17.5. The van der Waals surface area contributed by atoms with Crippen molar-refractivity contribution in [2.75, 3.05) is 5.73 Å². The average molecular weight is 352 g/mol. The number of H-pyrrole nitrogens is 1. The first-order chi connectivity index (χ1) is 9.97. The van der Waals surface area contributed by atoms with Gasteiger partial charge < -0.3 is 10.7 Å². The van der Waals surface area contributed by atoms with E-state index in [0.29, 0.717) is 11.1 Å². The van der Waals surface area contributed by atoms with Gasteiger partial charge in [0.1, 0.15) is 11.6 Å². The quantitative estimate of drug-likeness (QED) is 0.661. The van der Waals surface area contributed by atoms with Gasteiger partial charge in [-0.05, 0) is 39.7 Å². The standard InChI is InChI=1S/C14H8BrF2N3O/c15-10-4-8(13(18)20-12(10)17)6-1-2-7-9(3-6)11(16)5-19-14(7)21/h1-5H,(H2,18,20)(H,19,21). The molecule has 0 amide bonds. The van der Waals surface area contributed by atoms with Crippen LogP contribution in [0.15, 0.2) is 39.7 Å². The van der Waals surface area contributed by atoms with E-state index in [1.165, 1.54) is 18.2 Å². The summed E-state index contributed by atoms with van der Waals surface area (Å²) in [6.07, 6.45) is 0.997. The molecule has 0 saturated heterocycles. The largest absolute Gasteiger partial charge is 0.383 e. The van der Waals surface area contributed by atoms with Crippen molar-refractivity contribution in [3.63, 3.8) is 0 Å². The Balaban J connectivity index is 2.29. The van der Waals surface area contributed by atoms with Gasteiger partial charge in [-0.2, -0.15) is 4.39 Å². The third kappa shape index (κ3) is 2.29. The molecule has 0 radical (unpaired) electrons. The summed E-state index contributed by atoms with van der Waals surface area (Å²) < 4.78 is 27.3. The topological polar surface area (TPSA) is 71.8 Å². The number of pyridine rings is 2. The highest BCUT2D eigenvalue weighted by Crippen LogP contribution is 2.30. The molecule has 0 aliphatic carbocycles. The highest BCUT2D eigenvalue weighted by atomic mass is 79.9. The Hall–Kier alpha value is -2.28. The first-order valence-corrected chi connectivity index (χ1v) is 6.69. The van der Waals surface area contributed by atoms with Gasteiger partial charge in [0.2, 0.25) is 5.95 Å².